The molecule has 2 aromatic rings. The number of nitrogens with zero attached hydrogens (tertiary/aromatic N) is 2. The van der Waals surface area contributed by atoms with E-state index in [-0.39, 0.29) is 11.7 Å². The number of carbonyl (C=O) groups excluding carboxylic acids is 3. The van der Waals surface area contributed by atoms with E-state index in [0.717, 1.165) is 16.7 Å². The zero-order valence-electron chi connectivity index (χ0n) is 26.6. The molecule has 0 spiro atoms. The number of nitrogens with one attached hydrogen (secondary N) is 1. The van der Waals surface area contributed by atoms with E-state index in [4.69, 9.17) is 14.2 Å². The molecule has 2 aliphatic heterocycles. The molecule has 0 aromatic heterocycles. The van der Waals surface area contributed by atoms with Crippen molar-refractivity contribution >= 4 is 34.9 Å². The van der Waals surface area contributed by atoms with Crippen LogP contribution in [0.4, 0.5) is 19.7 Å². The first kappa shape index (κ1) is 32.6. The Morgan fingerprint density at radius 3 is 1.75 bits per heavy atom. The standard InChI is InChI=1S/C34H42FN3O6/c1-33(2,3)43-31(40)37-16-12-22(13-17-37)26-10-8-24(20-28(26)35)30(39)36-25-9-11-27(29(21-25)42-7)23-14-18-38(19-15-23)32(41)44-34(4,5)6/h8-12,14,20-21H,13,15-19H2,1-7H3,(H,36,39). The number of hydrogen-bond acceptors (Lipinski definition) is 6. The molecule has 10 heteroatoms. The molecule has 2 aromatic carbocycles. The number of carbonyl (C=O) groups is 3. The Morgan fingerprint density at radius 1 is 0.773 bits per heavy atom. The second kappa shape index (κ2) is 13.1. The van der Waals surface area contributed by atoms with Crippen LogP contribution in [0.2, 0.25) is 0 Å². The minimum absolute atomic E-state index is 0.179. The number of ether oxygens (including phenoxy) is 3. The molecule has 0 atom stereocenters. The Balaban J connectivity index is 1.40. The van der Waals surface area contributed by atoms with Crippen LogP contribution in [0.3, 0.4) is 0 Å². The van der Waals surface area contributed by atoms with Crippen molar-refractivity contribution in [2.24, 2.45) is 0 Å². The van der Waals surface area contributed by atoms with Crippen LogP contribution in [0.1, 0.15) is 75.9 Å². The summed E-state index contributed by atoms with van der Waals surface area (Å²) < 4.78 is 31.7. The van der Waals surface area contributed by atoms with E-state index in [9.17, 15) is 14.4 Å². The maximum absolute atomic E-state index is 15.2. The number of rotatable bonds is 5. The largest absolute Gasteiger partial charge is 0.496 e. The lowest BCUT2D eigenvalue weighted by molar-refractivity contribution is 0.0260. The van der Waals surface area contributed by atoms with Crippen molar-refractivity contribution in [3.05, 3.63) is 71.1 Å². The summed E-state index contributed by atoms with van der Waals surface area (Å²) in [6.45, 7) is 12.6. The third-order valence-electron chi connectivity index (χ3n) is 7.10. The van der Waals surface area contributed by atoms with Crippen LogP contribution in [-0.2, 0) is 9.47 Å². The van der Waals surface area contributed by atoms with Crippen LogP contribution in [-0.4, -0.2) is 72.4 Å². The first-order valence-corrected chi connectivity index (χ1v) is 14.8. The molecule has 2 heterocycles. The fourth-order valence-electron chi connectivity index (χ4n) is 4.97. The van der Waals surface area contributed by atoms with E-state index in [1.54, 1.807) is 41.2 Å². The van der Waals surface area contributed by atoms with Gasteiger partial charge in [0.2, 0.25) is 0 Å². The van der Waals surface area contributed by atoms with Crippen LogP contribution >= 0.6 is 0 Å². The van der Waals surface area contributed by atoms with Crippen molar-refractivity contribution < 1.29 is 33.0 Å². The summed E-state index contributed by atoms with van der Waals surface area (Å²) in [4.78, 5) is 41.0. The first-order chi connectivity index (χ1) is 20.6. The SMILES string of the molecule is COc1cc(NC(=O)c2ccc(C3=CCN(C(=O)OC(C)(C)C)CC3)c(F)c2)ccc1C1=CCN(C(=O)OC(C)(C)C)CC1. The number of methoxy groups -OCH3 is 1. The topological polar surface area (TPSA) is 97.4 Å². The van der Waals surface area contributed by atoms with E-state index >= 15 is 4.39 Å². The lowest BCUT2D eigenvalue weighted by Crippen LogP contribution is -2.39. The summed E-state index contributed by atoms with van der Waals surface area (Å²) in [5, 5.41) is 2.82. The maximum atomic E-state index is 15.2. The summed E-state index contributed by atoms with van der Waals surface area (Å²) in [6.07, 6.45) is 4.15. The van der Waals surface area contributed by atoms with Crippen LogP contribution < -0.4 is 10.1 Å². The Kier molecular flexibility index (Phi) is 9.71. The molecule has 0 radical (unpaired) electrons. The molecule has 0 saturated heterocycles. The van der Waals surface area contributed by atoms with Gasteiger partial charge in [0.05, 0.1) is 7.11 Å². The third-order valence-corrected chi connectivity index (χ3v) is 7.10. The highest BCUT2D eigenvalue weighted by atomic mass is 19.1. The van der Waals surface area contributed by atoms with Crippen LogP contribution in [0.25, 0.3) is 11.1 Å². The molecule has 1 N–H and O–H groups in total. The lowest BCUT2D eigenvalue weighted by atomic mass is 9.97. The molecule has 3 amide bonds. The fraction of sp³-hybridized carbons (Fsp3) is 0.441. The summed E-state index contributed by atoms with van der Waals surface area (Å²) in [7, 11) is 1.56. The maximum Gasteiger partial charge on any atom is 0.410 e. The molecule has 0 aliphatic carbocycles. The average molecular weight is 608 g/mol. The molecule has 9 nitrogen and oxygen atoms in total. The van der Waals surface area contributed by atoms with Crippen molar-refractivity contribution in [2.75, 3.05) is 38.6 Å². The van der Waals surface area contributed by atoms with Gasteiger partial charge in [0, 0.05) is 54.6 Å². The molecule has 4 rings (SSSR count). The molecular formula is C34H42FN3O6. The quantitative estimate of drug-likeness (QED) is 0.388. The summed E-state index contributed by atoms with van der Waals surface area (Å²) in [5.74, 6) is -0.387. The van der Waals surface area contributed by atoms with Crippen molar-refractivity contribution in [3.63, 3.8) is 0 Å². The number of anilines is 1. The molecule has 236 valence electrons. The highest BCUT2D eigenvalue weighted by Gasteiger charge is 2.26. The van der Waals surface area contributed by atoms with Crippen LogP contribution in [0.5, 0.6) is 5.75 Å². The Labute approximate surface area is 258 Å². The molecular weight excluding hydrogens is 565 g/mol. The molecule has 0 saturated carbocycles. The smallest absolute Gasteiger partial charge is 0.410 e. The zero-order chi connectivity index (χ0) is 32.2. The van der Waals surface area contributed by atoms with Crippen molar-refractivity contribution in [3.8, 4) is 5.75 Å². The minimum atomic E-state index is -0.586. The van der Waals surface area contributed by atoms with Gasteiger partial charge >= 0.3 is 12.2 Å². The first-order valence-electron chi connectivity index (χ1n) is 14.8. The second-order valence-corrected chi connectivity index (χ2v) is 12.9. The molecule has 0 bridgehead atoms. The van der Waals surface area contributed by atoms with Gasteiger partial charge in [-0.15, -0.1) is 0 Å². The number of halogens is 1. The van der Waals surface area contributed by atoms with E-state index in [0.29, 0.717) is 56.0 Å². The average Bonchev–Trinajstić information content (AvgIpc) is 2.95. The summed E-state index contributed by atoms with van der Waals surface area (Å²) >= 11 is 0. The lowest BCUT2D eigenvalue weighted by Gasteiger charge is -2.30. The van der Waals surface area contributed by atoms with Gasteiger partial charge in [-0.3, -0.25) is 4.79 Å². The molecule has 0 unspecified atom stereocenters. The van der Waals surface area contributed by atoms with Gasteiger partial charge in [0.25, 0.3) is 5.91 Å². The van der Waals surface area contributed by atoms with Gasteiger partial charge in [-0.05, 0) is 89.8 Å². The minimum Gasteiger partial charge on any atom is -0.496 e. The normalized spacial score (nSPS) is 15.6. The monoisotopic (exact) mass is 607 g/mol. The Bertz CT molecular complexity index is 1480. The Hall–Kier alpha value is -4.34. The van der Waals surface area contributed by atoms with Gasteiger partial charge < -0.3 is 29.3 Å². The molecule has 2 aliphatic rings. The number of benzene rings is 2. The van der Waals surface area contributed by atoms with Crippen LogP contribution in [0, 0.1) is 5.82 Å². The van der Waals surface area contributed by atoms with Gasteiger partial charge in [0.15, 0.2) is 0 Å². The van der Waals surface area contributed by atoms with E-state index < -0.39 is 29.0 Å². The summed E-state index contributed by atoms with van der Waals surface area (Å²) in [6, 6.07) is 9.76. The number of amides is 3. The zero-order valence-corrected chi connectivity index (χ0v) is 26.6. The number of hydrogen-bond donors (Lipinski definition) is 1. The highest BCUT2D eigenvalue weighted by Crippen LogP contribution is 2.33. The molecule has 44 heavy (non-hydrogen) atoms. The van der Waals surface area contributed by atoms with Gasteiger partial charge in [-0.25, -0.2) is 14.0 Å². The molecule has 0 fully saturated rings. The van der Waals surface area contributed by atoms with Gasteiger partial charge in [-0.1, -0.05) is 18.2 Å². The van der Waals surface area contributed by atoms with Crippen molar-refractivity contribution in [2.45, 2.75) is 65.6 Å². The third kappa shape index (κ3) is 8.39. The van der Waals surface area contributed by atoms with Crippen LogP contribution in [0.15, 0.2) is 48.6 Å². The van der Waals surface area contributed by atoms with Crippen molar-refractivity contribution in [1.29, 1.82) is 0 Å². The Morgan fingerprint density at radius 2 is 1.30 bits per heavy atom. The predicted octanol–water partition coefficient (Wildman–Crippen LogP) is 7.14. The van der Waals surface area contributed by atoms with E-state index in [1.807, 2.05) is 59.8 Å². The second-order valence-electron chi connectivity index (χ2n) is 12.9. The van der Waals surface area contributed by atoms with E-state index in [2.05, 4.69) is 5.32 Å². The predicted molar refractivity (Wildman–Crippen MR) is 168 cm³/mol. The summed E-state index contributed by atoms with van der Waals surface area (Å²) in [5.41, 5.74) is 2.62. The highest BCUT2D eigenvalue weighted by molar-refractivity contribution is 6.04. The van der Waals surface area contributed by atoms with Gasteiger partial charge in [0.1, 0.15) is 22.8 Å². The van der Waals surface area contributed by atoms with E-state index in [1.165, 1.54) is 6.07 Å². The fourth-order valence-corrected chi connectivity index (χ4v) is 4.97. The van der Waals surface area contributed by atoms with Crippen molar-refractivity contribution in [1.82, 2.24) is 9.80 Å². The van der Waals surface area contributed by atoms with Gasteiger partial charge in [-0.2, -0.15) is 0 Å².